The van der Waals surface area contributed by atoms with Crippen LogP contribution in [-0.4, -0.2) is 0 Å². The van der Waals surface area contributed by atoms with E-state index in [4.69, 9.17) is 0 Å². The minimum atomic E-state index is 1.04. The zero-order chi connectivity index (χ0) is 17.8. The molecule has 0 spiro atoms. The van der Waals surface area contributed by atoms with Gasteiger partial charge in [0, 0.05) is 0 Å². The molecule has 0 N–H and O–H groups in total. The highest BCUT2D eigenvalue weighted by Crippen LogP contribution is 2.31. The van der Waals surface area contributed by atoms with Crippen LogP contribution in [0.25, 0.3) is 22.3 Å². The van der Waals surface area contributed by atoms with E-state index in [0.29, 0.717) is 0 Å². The van der Waals surface area contributed by atoms with Gasteiger partial charge in [-0.3, -0.25) is 0 Å². The second-order valence-corrected chi connectivity index (χ2v) is 7.01. The maximum atomic E-state index is 4.05. The van der Waals surface area contributed by atoms with Gasteiger partial charge in [0.15, 0.2) is 0 Å². The maximum absolute atomic E-state index is 4.05. The first-order chi connectivity index (χ1) is 12.0. The van der Waals surface area contributed by atoms with Crippen LogP contribution in [0.2, 0.25) is 0 Å². The van der Waals surface area contributed by atoms with E-state index >= 15 is 0 Å². The standard InChI is InChI=1S/C25H26/c1-18(2)10-12-22-16-19(3)11-14-25(22)23-13-15-24(20(4)17-23)21-8-6-5-7-9-21/h5-9,11,13-17H,1,10,12H2,2-4H3. The van der Waals surface area contributed by atoms with Gasteiger partial charge in [-0.25, -0.2) is 0 Å². The van der Waals surface area contributed by atoms with E-state index in [1.807, 2.05) is 0 Å². The van der Waals surface area contributed by atoms with Crippen LogP contribution in [0.5, 0.6) is 0 Å². The summed E-state index contributed by atoms with van der Waals surface area (Å²) in [6, 6.07) is 24.2. The average Bonchev–Trinajstić information content (AvgIpc) is 2.60. The summed E-state index contributed by atoms with van der Waals surface area (Å²) >= 11 is 0. The number of hydrogen-bond acceptors (Lipinski definition) is 0. The van der Waals surface area contributed by atoms with Crippen molar-refractivity contribution in [1.82, 2.24) is 0 Å². The molecule has 0 atom stereocenters. The Morgan fingerprint density at radius 3 is 2.20 bits per heavy atom. The zero-order valence-electron chi connectivity index (χ0n) is 15.5. The average molecular weight is 326 g/mol. The molecule has 0 unspecified atom stereocenters. The molecule has 0 fully saturated rings. The van der Waals surface area contributed by atoms with Gasteiger partial charge in [0.05, 0.1) is 0 Å². The van der Waals surface area contributed by atoms with Crippen molar-refractivity contribution >= 4 is 0 Å². The van der Waals surface area contributed by atoms with Gasteiger partial charge < -0.3 is 0 Å². The minimum absolute atomic E-state index is 1.04. The highest BCUT2D eigenvalue weighted by Gasteiger charge is 2.09. The third-order valence-electron chi connectivity index (χ3n) is 4.70. The second-order valence-electron chi connectivity index (χ2n) is 7.01. The number of aryl methyl sites for hydroxylation is 3. The van der Waals surface area contributed by atoms with Crippen molar-refractivity contribution in [2.45, 2.75) is 33.6 Å². The molecule has 0 saturated heterocycles. The Labute approximate surface area is 151 Å². The molecule has 3 rings (SSSR count). The molecule has 25 heavy (non-hydrogen) atoms. The number of allylic oxidation sites excluding steroid dienone is 1. The Kier molecular flexibility index (Phi) is 5.19. The lowest BCUT2D eigenvalue weighted by Gasteiger charge is -2.14. The molecule has 0 aliphatic carbocycles. The lowest BCUT2D eigenvalue weighted by Crippen LogP contribution is -1.93. The van der Waals surface area contributed by atoms with Crippen molar-refractivity contribution in [1.29, 1.82) is 0 Å². The SMILES string of the molecule is C=C(C)CCc1cc(C)ccc1-c1ccc(-c2ccccc2)c(C)c1. The van der Waals surface area contributed by atoms with Crippen LogP contribution in [0.4, 0.5) is 0 Å². The van der Waals surface area contributed by atoms with Gasteiger partial charge in [-0.05, 0) is 67.0 Å². The van der Waals surface area contributed by atoms with E-state index in [-0.39, 0.29) is 0 Å². The number of rotatable bonds is 5. The van der Waals surface area contributed by atoms with Gasteiger partial charge >= 0.3 is 0 Å². The summed E-state index contributed by atoms with van der Waals surface area (Å²) < 4.78 is 0. The van der Waals surface area contributed by atoms with Crippen molar-refractivity contribution in [2.24, 2.45) is 0 Å². The van der Waals surface area contributed by atoms with Crippen LogP contribution in [0.15, 0.2) is 78.9 Å². The number of benzene rings is 3. The van der Waals surface area contributed by atoms with Gasteiger partial charge in [0.2, 0.25) is 0 Å². The monoisotopic (exact) mass is 326 g/mol. The molecule has 0 bridgehead atoms. The van der Waals surface area contributed by atoms with E-state index in [2.05, 4.69) is 94.1 Å². The smallest absolute Gasteiger partial charge is 0.0152 e. The summed E-state index contributed by atoms with van der Waals surface area (Å²) in [5.74, 6) is 0. The molecule has 3 aromatic carbocycles. The third kappa shape index (κ3) is 4.09. The van der Waals surface area contributed by atoms with Crippen LogP contribution >= 0.6 is 0 Å². The Balaban J connectivity index is 2.00. The van der Waals surface area contributed by atoms with Crippen LogP contribution in [-0.2, 0) is 6.42 Å². The molecule has 126 valence electrons. The molecule has 0 heterocycles. The van der Waals surface area contributed by atoms with E-state index in [1.165, 1.54) is 44.5 Å². The lowest BCUT2D eigenvalue weighted by atomic mass is 9.91. The molecule has 3 aromatic rings. The number of hydrogen-bond donors (Lipinski definition) is 0. The maximum Gasteiger partial charge on any atom is -0.0152 e. The highest BCUT2D eigenvalue weighted by atomic mass is 14.1. The molecule has 0 nitrogen and oxygen atoms in total. The quantitative estimate of drug-likeness (QED) is 0.437. The first-order valence-electron chi connectivity index (χ1n) is 8.95. The fraction of sp³-hybridized carbons (Fsp3) is 0.200. The third-order valence-corrected chi connectivity index (χ3v) is 4.70. The summed E-state index contributed by atoms with van der Waals surface area (Å²) in [5, 5.41) is 0. The van der Waals surface area contributed by atoms with Crippen molar-refractivity contribution in [2.75, 3.05) is 0 Å². The van der Waals surface area contributed by atoms with Gasteiger partial charge in [-0.15, -0.1) is 6.58 Å². The molecular weight excluding hydrogens is 300 g/mol. The Morgan fingerprint density at radius 2 is 1.52 bits per heavy atom. The van der Waals surface area contributed by atoms with E-state index in [0.717, 1.165) is 12.8 Å². The summed E-state index contributed by atoms with van der Waals surface area (Å²) in [6.45, 7) is 10.5. The van der Waals surface area contributed by atoms with Crippen molar-refractivity contribution in [3.05, 3.63) is 95.6 Å². The lowest BCUT2D eigenvalue weighted by molar-refractivity contribution is 0.946. The van der Waals surface area contributed by atoms with Crippen LogP contribution in [0.3, 0.4) is 0 Å². The fourth-order valence-corrected chi connectivity index (χ4v) is 3.33. The van der Waals surface area contributed by atoms with Gasteiger partial charge in [-0.1, -0.05) is 77.9 Å². The van der Waals surface area contributed by atoms with Crippen molar-refractivity contribution < 1.29 is 0 Å². The van der Waals surface area contributed by atoms with Gasteiger partial charge in [-0.2, -0.15) is 0 Å². The summed E-state index contributed by atoms with van der Waals surface area (Å²) in [5.41, 5.74) is 10.5. The molecule has 0 saturated carbocycles. The van der Waals surface area contributed by atoms with Crippen LogP contribution in [0, 0.1) is 13.8 Å². The molecule has 0 aromatic heterocycles. The summed E-state index contributed by atoms with van der Waals surface area (Å²) in [7, 11) is 0. The van der Waals surface area contributed by atoms with Crippen molar-refractivity contribution in [3.63, 3.8) is 0 Å². The summed E-state index contributed by atoms with van der Waals surface area (Å²) in [6.07, 6.45) is 2.09. The van der Waals surface area contributed by atoms with Crippen LogP contribution < -0.4 is 0 Å². The van der Waals surface area contributed by atoms with Crippen molar-refractivity contribution in [3.8, 4) is 22.3 Å². The van der Waals surface area contributed by atoms with E-state index < -0.39 is 0 Å². The first kappa shape index (κ1) is 17.2. The Morgan fingerprint density at radius 1 is 0.800 bits per heavy atom. The molecule has 0 heteroatoms. The predicted molar refractivity (Wildman–Crippen MR) is 110 cm³/mol. The largest absolute Gasteiger partial charge is 0.100 e. The van der Waals surface area contributed by atoms with E-state index in [9.17, 15) is 0 Å². The Bertz CT molecular complexity index is 885. The highest BCUT2D eigenvalue weighted by molar-refractivity contribution is 5.75. The molecule has 0 amide bonds. The normalized spacial score (nSPS) is 10.7. The molecular formula is C25H26. The molecule has 0 aliphatic heterocycles. The fourth-order valence-electron chi connectivity index (χ4n) is 3.33. The zero-order valence-corrected chi connectivity index (χ0v) is 15.5. The van der Waals surface area contributed by atoms with Gasteiger partial charge in [0.1, 0.15) is 0 Å². The topological polar surface area (TPSA) is 0 Å². The van der Waals surface area contributed by atoms with E-state index in [1.54, 1.807) is 0 Å². The van der Waals surface area contributed by atoms with Crippen LogP contribution in [0.1, 0.15) is 30.0 Å². The first-order valence-corrected chi connectivity index (χ1v) is 8.95. The molecule has 0 radical (unpaired) electrons. The summed E-state index contributed by atoms with van der Waals surface area (Å²) in [4.78, 5) is 0. The minimum Gasteiger partial charge on any atom is -0.100 e. The predicted octanol–water partition coefficient (Wildman–Crippen LogP) is 7.15. The van der Waals surface area contributed by atoms with Gasteiger partial charge in [0.25, 0.3) is 0 Å². The molecule has 0 aliphatic rings. The Hall–Kier alpha value is -2.60. The second kappa shape index (κ2) is 7.53.